The van der Waals surface area contributed by atoms with Crippen LogP contribution in [0.4, 0.5) is 25.0 Å². The minimum Gasteiger partial charge on any atom is -0.444 e. The van der Waals surface area contributed by atoms with Gasteiger partial charge in [0.05, 0.1) is 4.92 Å². The van der Waals surface area contributed by atoms with E-state index in [0.717, 1.165) is 6.07 Å². The monoisotopic (exact) mass is 357 g/mol. The number of benzene rings is 1. The zero-order valence-corrected chi connectivity index (χ0v) is 14.3. The second kappa shape index (κ2) is 7.20. The lowest BCUT2D eigenvalue weighted by atomic mass is 10.0. The van der Waals surface area contributed by atoms with Gasteiger partial charge >= 0.3 is 11.8 Å². The van der Waals surface area contributed by atoms with Crippen molar-refractivity contribution in [3.05, 3.63) is 33.9 Å². The molecule has 1 aliphatic rings. The van der Waals surface area contributed by atoms with E-state index in [1.807, 2.05) is 0 Å². The highest BCUT2D eigenvalue weighted by molar-refractivity contribution is 5.69. The van der Waals surface area contributed by atoms with Gasteiger partial charge in [-0.05, 0) is 33.6 Å². The second-order valence-electron chi connectivity index (χ2n) is 6.94. The van der Waals surface area contributed by atoms with Crippen LogP contribution >= 0.6 is 0 Å². The topological polar surface area (TPSA) is 84.7 Å². The first kappa shape index (κ1) is 18.9. The van der Waals surface area contributed by atoms with Crippen LogP contribution < -0.4 is 10.2 Å². The first-order chi connectivity index (χ1) is 11.6. The largest absolute Gasteiger partial charge is 0.444 e. The summed E-state index contributed by atoms with van der Waals surface area (Å²) >= 11 is 0. The van der Waals surface area contributed by atoms with E-state index in [1.165, 1.54) is 4.90 Å². The number of nitro groups is 1. The van der Waals surface area contributed by atoms with Gasteiger partial charge in [0.15, 0.2) is 0 Å². The van der Waals surface area contributed by atoms with Crippen LogP contribution in [-0.2, 0) is 4.74 Å². The van der Waals surface area contributed by atoms with Gasteiger partial charge in [0.1, 0.15) is 17.1 Å². The highest BCUT2D eigenvalue weighted by Crippen LogP contribution is 2.33. The maximum atomic E-state index is 13.8. The summed E-state index contributed by atoms with van der Waals surface area (Å²) in [5.74, 6) is -2.11. The number of nitrogens with zero attached hydrogens (tertiary/aromatic N) is 2. The molecule has 25 heavy (non-hydrogen) atoms. The number of rotatable bonds is 3. The molecular formula is C16H21F2N3O4. The molecule has 2 rings (SSSR count). The van der Waals surface area contributed by atoms with E-state index in [9.17, 15) is 23.7 Å². The van der Waals surface area contributed by atoms with Crippen molar-refractivity contribution in [2.45, 2.75) is 45.3 Å². The number of hydrogen-bond acceptors (Lipinski definition) is 5. The predicted molar refractivity (Wildman–Crippen MR) is 87.6 cm³/mol. The summed E-state index contributed by atoms with van der Waals surface area (Å²) in [5.41, 5.74) is -1.54. The Labute approximate surface area is 144 Å². The van der Waals surface area contributed by atoms with E-state index in [2.05, 4.69) is 5.32 Å². The maximum absolute atomic E-state index is 13.8. The lowest BCUT2D eigenvalue weighted by Gasteiger charge is -2.34. The molecule has 0 aliphatic carbocycles. The smallest absolute Gasteiger partial charge is 0.407 e. The third-order valence-electron chi connectivity index (χ3n) is 3.67. The number of carbonyl (C=O) groups is 1. The van der Waals surface area contributed by atoms with Gasteiger partial charge in [0, 0.05) is 31.3 Å². The van der Waals surface area contributed by atoms with E-state index in [-0.39, 0.29) is 18.3 Å². The zero-order chi connectivity index (χ0) is 18.8. The van der Waals surface area contributed by atoms with Gasteiger partial charge < -0.3 is 15.0 Å². The van der Waals surface area contributed by atoms with Crippen LogP contribution in [-0.4, -0.2) is 35.7 Å². The molecule has 0 aromatic heterocycles. The molecule has 1 aromatic rings. The van der Waals surface area contributed by atoms with Crippen molar-refractivity contribution in [1.29, 1.82) is 0 Å². The molecule has 0 bridgehead atoms. The second-order valence-corrected chi connectivity index (χ2v) is 6.94. The Balaban J connectivity index is 2.16. The molecule has 1 N–H and O–H groups in total. The number of ether oxygens (including phenoxy) is 1. The Bertz CT molecular complexity index is 676. The van der Waals surface area contributed by atoms with Crippen LogP contribution in [0.25, 0.3) is 0 Å². The first-order valence-electron chi connectivity index (χ1n) is 7.95. The Morgan fingerprint density at radius 1 is 1.40 bits per heavy atom. The molecule has 0 unspecified atom stereocenters. The van der Waals surface area contributed by atoms with Gasteiger partial charge in [-0.15, -0.1) is 0 Å². The quantitative estimate of drug-likeness (QED) is 0.662. The van der Waals surface area contributed by atoms with E-state index >= 15 is 0 Å². The van der Waals surface area contributed by atoms with Crippen molar-refractivity contribution in [3.63, 3.8) is 0 Å². The summed E-state index contributed by atoms with van der Waals surface area (Å²) in [6, 6.07) is 1.09. The van der Waals surface area contributed by atoms with E-state index in [4.69, 9.17) is 4.74 Å². The first-order valence-corrected chi connectivity index (χ1v) is 7.95. The molecule has 0 saturated carbocycles. The van der Waals surface area contributed by atoms with Crippen LogP contribution in [0.5, 0.6) is 0 Å². The highest BCUT2D eigenvalue weighted by atomic mass is 19.1. The number of nitrogens with one attached hydrogen (secondary N) is 1. The average molecular weight is 357 g/mol. The molecule has 1 fully saturated rings. The zero-order valence-electron chi connectivity index (χ0n) is 14.3. The number of halogens is 2. The van der Waals surface area contributed by atoms with Gasteiger partial charge in [-0.3, -0.25) is 10.1 Å². The van der Waals surface area contributed by atoms with Gasteiger partial charge in [-0.2, -0.15) is 4.39 Å². The summed E-state index contributed by atoms with van der Waals surface area (Å²) in [5, 5.41) is 13.8. The lowest BCUT2D eigenvalue weighted by Crippen LogP contribution is -2.49. The molecule has 7 nitrogen and oxygen atoms in total. The van der Waals surface area contributed by atoms with Crippen molar-refractivity contribution >= 4 is 17.5 Å². The molecule has 9 heteroatoms. The minimum absolute atomic E-state index is 0.127. The van der Waals surface area contributed by atoms with Crippen molar-refractivity contribution in [2.75, 3.05) is 18.0 Å². The van der Waals surface area contributed by atoms with Crippen molar-refractivity contribution < 1.29 is 23.2 Å². The average Bonchev–Trinajstić information content (AvgIpc) is 2.43. The third-order valence-corrected chi connectivity index (χ3v) is 3.67. The van der Waals surface area contributed by atoms with Crippen molar-refractivity contribution in [1.82, 2.24) is 5.32 Å². The molecule has 0 spiro atoms. The number of nitro benzene ring substituents is 1. The van der Waals surface area contributed by atoms with Crippen molar-refractivity contribution in [3.8, 4) is 0 Å². The maximum Gasteiger partial charge on any atom is 0.407 e. The summed E-state index contributed by atoms with van der Waals surface area (Å²) in [4.78, 5) is 23.7. The Morgan fingerprint density at radius 3 is 2.68 bits per heavy atom. The SMILES string of the molecule is CC(C)(C)OC(=O)N[C@@H]1CCCN(c2cc(F)cc(F)c2[N+](=O)[O-])C1. The molecule has 138 valence electrons. The third kappa shape index (κ3) is 5.01. The van der Waals surface area contributed by atoms with E-state index in [1.54, 1.807) is 20.8 Å². The molecule has 1 amide bonds. The Kier molecular flexibility index (Phi) is 5.44. The highest BCUT2D eigenvalue weighted by Gasteiger charge is 2.30. The molecule has 1 aliphatic heterocycles. The Morgan fingerprint density at radius 2 is 2.08 bits per heavy atom. The molecule has 1 heterocycles. The van der Waals surface area contributed by atoms with Crippen LogP contribution in [0, 0.1) is 21.7 Å². The molecule has 1 saturated heterocycles. The van der Waals surface area contributed by atoms with Crippen LogP contribution in [0.3, 0.4) is 0 Å². The fourth-order valence-electron chi connectivity index (χ4n) is 2.76. The molecule has 0 radical (unpaired) electrons. The van der Waals surface area contributed by atoms with Gasteiger partial charge in [0.2, 0.25) is 5.82 Å². The lowest BCUT2D eigenvalue weighted by molar-refractivity contribution is -0.386. The summed E-state index contributed by atoms with van der Waals surface area (Å²) in [7, 11) is 0. The fraction of sp³-hybridized carbons (Fsp3) is 0.562. The fourth-order valence-corrected chi connectivity index (χ4v) is 2.76. The van der Waals surface area contributed by atoms with Crippen molar-refractivity contribution in [2.24, 2.45) is 0 Å². The number of carbonyl (C=O) groups excluding carboxylic acids is 1. The standard InChI is InChI=1S/C16H21F2N3O4/c1-16(2,3)25-15(22)19-11-5-4-6-20(9-11)13-8-10(17)7-12(18)14(13)21(23)24/h7-8,11H,4-6,9H2,1-3H3,(H,19,22)/t11-/m1/s1. The van der Waals surface area contributed by atoms with Gasteiger partial charge in [0.25, 0.3) is 0 Å². The van der Waals surface area contributed by atoms with Crippen LogP contribution in [0.2, 0.25) is 0 Å². The summed E-state index contributed by atoms with van der Waals surface area (Å²) in [6.07, 6.45) is 0.649. The molecular weight excluding hydrogens is 336 g/mol. The number of alkyl carbamates (subject to hydrolysis) is 1. The number of hydrogen-bond donors (Lipinski definition) is 1. The van der Waals surface area contributed by atoms with E-state index < -0.39 is 33.9 Å². The van der Waals surface area contributed by atoms with Crippen LogP contribution in [0.1, 0.15) is 33.6 Å². The van der Waals surface area contributed by atoms with Gasteiger partial charge in [-0.25, -0.2) is 9.18 Å². The summed E-state index contributed by atoms with van der Waals surface area (Å²) in [6.45, 7) is 5.80. The summed E-state index contributed by atoms with van der Waals surface area (Å²) < 4.78 is 32.5. The normalized spacial score (nSPS) is 18.0. The van der Waals surface area contributed by atoms with Gasteiger partial charge in [-0.1, -0.05) is 0 Å². The predicted octanol–water partition coefficient (Wildman–Crippen LogP) is 3.37. The Hall–Kier alpha value is -2.45. The molecule has 1 aromatic carbocycles. The number of anilines is 1. The molecule has 1 atom stereocenters. The minimum atomic E-state index is -1.22. The van der Waals surface area contributed by atoms with E-state index in [0.29, 0.717) is 25.5 Å². The number of piperidine rings is 1. The number of amides is 1. The van der Waals surface area contributed by atoms with Crippen LogP contribution in [0.15, 0.2) is 12.1 Å².